The number of nitrogens with one attached hydrogen (secondary N) is 1. The van der Waals surface area contributed by atoms with Crippen LogP contribution in [0.1, 0.15) is 71.0 Å². The van der Waals surface area contributed by atoms with Gasteiger partial charge in [-0.2, -0.15) is 0 Å². The number of imidazole rings is 1. The van der Waals surface area contributed by atoms with E-state index in [2.05, 4.69) is 48.8 Å². The number of hydrogen-bond donors (Lipinski definition) is 1. The smallest absolute Gasteiger partial charge is 0.203 e. The van der Waals surface area contributed by atoms with Gasteiger partial charge in [0.05, 0.1) is 5.69 Å². The van der Waals surface area contributed by atoms with Crippen LogP contribution < -0.4 is 5.32 Å². The van der Waals surface area contributed by atoms with Gasteiger partial charge in [-0.05, 0) is 31.6 Å². The summed E-state index contributed by atoms with van der Waals surface area (Å²) in [6.07, 6.45) is 10.1. The lowest BCUT2D eigenvalue weighted by Crippen LogP contribution is -2.24. The normalized spacial score (nSPS) is 15.8. The van der Waals surface area contributed by atoms with Gasteiger partial charge in [0, 0.05) is 18.8 Å². The number of rotatable bonds is 8. The molecule has 0 saturated heterocycles. The van der Waals surface area contributed by atoms with Crippen molar-refractivity contribution in [1.29, 1.82) is 0 Å². The summed E-state index contributed by atoms with van der Waals surface area (Å²) in [5.74, 6) is 1.07. The van der Waals surface area contributed by atoms with Gasteiger partial charge < -0.3 is 9.88 Å². The Bertz CT molecular complexity index is 402. The van der Waals surface area contributed by atoms with Crippen molar-refractivity contribution in [3.63, 3.8) is 0 Å². The summed E-state index contributed by atoms with van der Waals surface area (Å²) < 4.78 is 2.33. The van der Waals surface area contributed by atoms with Crippen LogP contribution in [0.3, 0.4) is 0 Å². The van der Waals surface area contributed by atoms with Crippen molar-refractivity contribution >= 4 is 5.95 Å². The molecule has 1 aromatic heterocycles. The molecule has 0 aliphatic heterocycles. The number of unbranched alkanes of at least 4 members (excludes halogenated alkanes) is 2. The van der Waals surface area contributed by atoms with Crippen molar-refractivity contribution in [3.8, 4) is 0 Å². The van der Waals surface area contributed by atoms with Crippen LogP contribution in [0.2, 0.25) is 0 Å². The Morgan fingerprint density at radius 3 is 2.74 bits per heavy atom. The molecule has 0 atom stereocenters. The summed E-state index contributed by atoms with van der Waals surface area (Å²) in [7, 11) is 0. The van der Waals surface area contributed by atoms with Crippen LogP contribution in [-0.4, -0.2) is 16.1 Å². The second-order valence-corrected chi connectivity index (χ2v) is 6.82. The molecule has 1 heterocycles. The van der Waals surface area contributed by atoms with Gasteiger partial charge in [0.1, 0.15) is 0 Å². The lowest BCUT2D eigenvalue weighted by atomic mass is 9.87. The third-order valence-electron chi connectivity index (χ3n) is 3.98. The van der Waals surface area contributed by atoms with E-state index in [1.54, 1.807) is 0 Å². The molecule has 1 aliphatic carbocycles. The second-order valence-electron chi connectivity index (χ2n) is 6.82. The van der Waals surface area contributed by atoms with Gasteiger partial charge >= 0.3 is 0 Å². The average molecular weight is 263 g/mol. The van der Waals surface area contributed by atoms with Crippen molar-refractivity contribution in [2.75, 3.05) is 11.9 Å². The van der Waals surface area contributed by atoms with Crippen LogP contribution in [0.4, 0.5) is 5.95 Å². The third-order valence-corrected chi connectivity index (χ3v) is 3.98. The minimum atomic E-state index is 0.351. The van der Waals surface area contributed by atoms with E-state index in [1.807, 2.05) is 0 Å². The molecule has 0 amide bonds. The fourth-order valence-corrected chi connectivity index (χ4v) is 2.54. The summed E-state index contributed by atoms with van der Waals surface area (Å²) in [6, 6.07) is 0.701. The van der Waals surface area contributed by atoms with Crippen molar-refractivity contribution in [2.24, 2.45) is 5.41 Å². The molecule has 108 valence electrons. The number of anilines is 1. The Kier molecular flexibility index (Phi) is 4.54. The molecule has 0 unspecified atom stereocenters. The Morgan fingerprint density at radius 2 is 2.11 bits per heavy atom. The summed E-state index contributed by atoms with van der Waals surface area (Å²) in [4.78, 5) is 4.62. The largest absolute Gasteiger partial charge is 0.355 e. The highest BCUT2D eigenvalue weighted by Gasteiger charge is 2.27. The molecule has 3 nitrogen and oxygen atoms in total. The van der Waals surface area contributed by atoms with E-state index in [9.17, 15) is 0 Å². The predicted octanol–water partition coefficient (Wildman–Crippen LogP) is 4.54. The van der Waals surface area contributed by atoms with Gasteiger partial charge in [-0.25, -0.2) is 4.98 Å². The minimum Gasteiger partial charge on any atom is -0.355 e. The molecule has 1 saturated carbocycles. The van der Waals surface area contributed by atoms with Crippen molar-refractivity contribution in [2.45, 2.75) is 72.3 Å². The van der Waals surface area contributed by atoms with E-state index in [-0.39, 0.29) is 0 Å². The molecular formula is C16H29N3. The van der Waals surface area contributed by atoms with Crippen molar-refractivity contribution in [3.05, 3.63) is 11.9 Å². The van der Waals surface area contributed by atoms with Crippen LogP contribution in [-0.2, 0) is 0 Å². The van der Waals surface area contributed by atoms with Crippen LogP contribution in [0.5, 0.6) is 0 Å². The summed E-state index contributed by atoms with van der Waals surface area (Å²) in [6.45, 7) is 10.1. The molecule has 2 rings (SSSR count). The minimum absolute atomic E-state index is 0.351. The molecule has 19 heavy (non-hydrogen) atoms. The second kappa shape index (κ2) is 5.98. The maximum Gasteiger partial charge on any atom is 0.203 e. The molecule has 1 N–H and O–H groups in total. The van der Waals surface area contributed by atoms with Gasteiger partial charge in [-0.15, -0.1) is 0 Å². The molecule has 1 fully saturated rings. The number of aromatic nitrogens is 2. The lowest BCUT2D eigenvalue weighted by Gasteiger charge is -2.25. The summed E-state index contributed by atoms with van der Waals surface area (Å²) >= 11 is 0. The van der Waals surface area contributed by atoms with Crippen LogP contribution in [0, 0.1) is 12.3 Å². The summed E-state index contributed by atoms with van der Waals surface area (Å²) in [5, 5.41) is 3.57. The first-order valence-corrected chi connectivity index (χ1v) is 7.81. The SMILES string of the molecule is CCCCCC(C)(C)CNc1nc(C)cn1C1CC1. The van der Waals surface area contributed by atoms with E-state index >= 15 is 0 Å². The van der Waals surface area contributed by atoms with E-state index in [4.69, 9.17) is 0 Å². The highest BCUT2D eigenvalue weighted by Crippen LogP contribution is 2.37. The number of hydrogen-bond acceptors (Lipinski definition) is 2. The molecule has 0 bridgehead atoms. The van der Waals surface area contributed by atoms with Crippen LogP contribution in [0.15, 0.2) is 6.20 Å². The molecular weight excluding hydrogens is 234 g/mol. The van der Waals surface area contributed by atoms with Crippen LogP contribution >= 0.6 is 0 Å². The van der Waals surface area contributed by atoms with Gasteiger partial charge in [0.25, 0.3) is 0 Å². The molecule has 0 aromatic carbocycles. The zero-order valence-corrected chi connectivity index (χ0v) is 13.0. The fourth-order valence-electron chi connectivity index (χ4n) is 2.54. The standard InChI is InChI=1S/C16H29N3/c1-5-6-7-10-16(3,4)12-17-15-18-13(2)11-19(15)14-8-9-14/h11,14H,5-10,12H2,1-4H3,(H,17,18). The molecule has 1 aliphatic rings. The van der Waals surface area contributed by atoms with E-state index in [1.165, 1.54) is 38.5 Å². The molecule has 1 aromatic rings. The van der Waals surface area contributed by atoms with Crippen molar-refractivity contribution in [1.82, 2.24) is 9.55 Å². The first kappa shape index (κ1) is 14.4. The first-order chi connectivity index (χ1) is 9.02. The Balaban J connectivity index is 1.87. The van der Waals surface area contributed by atoms with Gasteiger partial charge in [-0.1, -0.05) is 40.0 Å². The monoisotopic (exact) mass is 263 g/mol. The van der Waals surface area contributed by atoms with E-state index in [0.717, 1.165) is 18.2 Å². The molecule has 0 radical (unpaired) electrons. The maximum absolute atomic E-state index is 4.62. The number of aryl methyl sites for hydroxylation is 1. The lowest BCUT2D eigenvalue weighted by molar-refractivity contribution is 0.341. The highest BCUT2D eigenvalue weighted by atomic mass is 15.2. The highest BCUT2D eigenvalue weighted by molar-refractivity contribution is 5.31. The maximum atomic E-state index is 4.62. The Hall–Kier alpha value is -0.990. The quantitative estimate of drug-likeness (QED) is 0.698. The van der Waals surface area contributed by atoms with Crippen LogP contribution in [0.25, 0.3) is 0 Å². The van der Waals surface area contributed by atoms with Gasteiger partial charge in [-0.3, -0.25) is 0 Å². The number of nitrogens with zero attached hydrogens (tertiary/aromatic N) is 2. The van der Waals surface area contributed by atoms with E-state index in [0.29, 0.717) is 11.5 Å². The third kappa shape index (κ3) is 4.26. The predicted molar refractivity (Wildman–Crippen MR) is 81.6 cm³/mol. The topological polar surface area (TPSA) is 29.9 Å². The fraction of sp³-hybridized carbons (Fsp3) is 0.812. The van der Waals surface area contributed by atoms with Gasteiger partial charge in [0.2, 0.25) is 5.95 Å². The average Bonchev–Trinajstić information content (AvgIpc) is 3.11. The van der Waals surface area contributed by atoms with Crippen molar-refractivity contribution < 1.29 is 0 Å². The molecule has 3 heteroatoms. The summed E-state index contributed by atoms with van der Waals surface area (Å²) in [5.41, 5.74) is 1.47. The van der Waals surface area contributed by atoms with E-state index < -0.39 is 0 Å². The Morgan fingerprint density at radius 1 is 1.37 bits per heavy atom. The zero-order chi connectivity index (χ0) is 13.9. The molecule has 0 spiro atoms. The Labute approximate surface area is 117 Å². The van der Waals surface area contributed by atoms with Gasteiger partial charge in [0.15, 0.2) is 0 Å². The first-order valence-electron chi connectivity index (χ1n) is 7.81. The zero-order valence-electron chi connectivity index (χ0n) is 13.0.